The summed E-state index contributed by atoms with van der Waals surface area (Å²) in [6.07, 6.45) is 10.3. The molecule has 0 spiro atoms. The third-order valence-corrected chi connectivity index (χ3v) is 3.28. The van der Waals surface area contributed by atoms with Crippen molar-refractivity contribution in [2.24, 2.45) is 0 Å². The van der Waals surface area contributed by atoms with Crippen LogP contribution in [0.5, 0.6) is 5.75 Å². The Morgan fingerprint density at radius 1 is 1.04 bits per heavy atom. The van der Waals surface area contributed by atoms with Crippen molar-refractivity contribution in [3.63, 3.8) is 0 Å². The van der Waals surface area contributed by atoms with Crippen LogP contribution in [0.25, 0.3) is 6.08 Å². The molecular weight excluding hydrogens is 335 g/mol. The molecule has 0 aliphatic rings. The first kappa shape index (κ1) is 24.1. The first-order chi connectivity index (χ1) is 10.3. The molecule has 0 bridgehead atoms. The highest BCUT2D eigenvalue weighted by Gasteiger charge is 2.00. The number of rotatable bonds is 10. The van der Waals surface area contributed by atoms with Crippen LogP contribution in [0.15, 0.2) is 30.3 Å². The topological polar surface area (TPSA) is 35.5 Å². The van der Waals surface area contributed by atoms with E-state index in [1.807, 2.05) is 24.3 Å². The Morgan fingerprint density at radius 2 is 1.70 bits per heavy atom. The summed E-state index contributed by atoms with van der Waals surface area (Å²) < 4.78 is 10.4. The lowest BCUT2D eigenvalue weighted by atomic mass is 10.1. The zero-order chi connectivity index (χ0) is 15.3. The summed E-state index contributed by atoms with van der Waals surface area (Å²) in [5.74, 6) is 0.451. The molecule has 5 heteroatoms. The second kappa shape index (κ2) is 15.7. The van der Waals surface area contributed by atoms with Gasteiger partial charge in [0, 0.05) is 11.6 Å². The Morgan fingerprint density at radius 3 is 2.39 bits per heavy atom. The van der Waals surface area contributed by atoms with Crippen molar-refractivity contribution in [3.05, 3.63) is 35.9 Å². The molecule has 23 heavy (non-hydrogen) atoms. The summed E-state index contributed by atoms with van der Waals surface area (Å²) in [5, 5.41) is 0. The van der Waals surface area contributed by atoms with Crippen molar-refractivity contribution in [1.82, 2.24) is 0 Å². The quantitative estimate of drug-likeness (QED) is 0.315. The molecule has 0 amide bonds. The largest absolute Gasteiger partial charge is 0.496 e. The van der Waals surface area contributed by atoms with Crippen LogP contribution < -0.4 is 4.74 Å². The Hall–Kier alpha value is -1.19. The van der Waals surface area contributed by atoms with Crippen LogP contribution in [-0.4, -0.2) is 19.7 Å². The van der Waals surface area contributed by atoms with E-state index in [0.29, 0.717) is 6.61 Å². The average Bonchev–Trinajstić information content (AvgIpc) is 2.52. The maximum atomic E-state index is 11.6. The number of esters is 1. The molecule has 0 N–H and O–H groups in total. The van der Waals surface area contributed by atoms with E-state index in [9.17, 15) is 4.79 Å². The standard InChI is InChI=1S/C18H26O3.2ClH/c1-3-4-5-6-7-10-15-21-18(19)14-13-16-11-8-9-12-17(16)20-2;;/h8-9,11-14H,3-7,10,15H2,1-2H3;2*1H/b14-13+;;. The van der Waals surface area contributed by atoms with Crippen LogP contribution in [0.2, 0.25) is 0 Å². The molecule has 0 aliphatic heterocycles. The van der Waals surface area contributed by atoms with Gasteiger partial charge in [-0.1, -0.05) is 57.2 Å². The molecule has 0 radical (unpaired) electrons. The molecular formula is C18H28Cl2O3. The number of benzene rings is 1. The number of hydrogen-bond acceptors (Lipinski definition) is 3. The second-order valence-corrected chi connectivity index (χ2v) is 5.01. The van der Waals surface area contributed by atoms with Gasteiger partial charge in [0.25, 0.3) is 0 Å². The lowest BCUT2D eigenvalue weighted by molar-refractivity contribution is -0.137. The third-order valence-electron chi connectivity index (χ3n) is 3.28. The molecule has 3 nitrogen and oxygen atoms in total. The molecule has 0 fully saturated rings. The normalized spacial score (nSPS) is 9.83. The zero-order valence-corrected chi connectivity index (χ0v) is 15.6. The molecule has 0 aliphatic carbocycles. The lowest BCUT2D eigenvalue weighted by Gasteiger charge is -2.04. The fourth-order valence-corrected chi connectivity index (χ4v) is 2.07. The van der Waals surface area contributed by atoms with Gasteiger partial charge in [-0.05, 0) is 18.6 Å². The van der Waals surface area contributed by atoms with E-state index in [-0.39, 0.29) is 30.8 Å². The summed E-state index contributed by atoms with van der Waals surface area (Å²) in [5.41, 5.74) is 0.872. The van der Waals surface area contributed by atoms with Crippen LogP contribution in [0.3, 0.4) is 0 Å². The highest BCUT2D eigenvalue weighted by molar-refractivity contribution is 5.87. The molecule has 0 saturated heterocycles. The Labute approximate surface area is 152 Å². The maximum Gasteiger partial charge on any atom is 0.330 e. The molecule has 0 atom stereocenters. The number of hydrogen-bond donors (Lipinski definition) is 0. The number of carbonyl (C=O) groups excluding carboxylic acids is 1. The van der Waals surface area contributed by atoms with Gasteiger partial charge in [0.05, 0.1) is 13.7 Å². The minimum Gasteiger partial charge on any atom is -0.496 e. The molecule has 1 aromatic rings. The van der Waals surface area contributed by atoms with Crippen molar-refractivity contribution >= 4 is 36.9 Å². The van der Waals surface area contributed by atoms with Gasteiger partial charge in [0.1, 0.15) is 5.75 Å². The molecule has 0 aromatic heterocycles. The fraction of sp³-hybridized carbons (Fsp3) is 0.500. The monoisotopic (exact) mass is 362 g/mol. The number of methoxy groups -OCH3 is 1. The van der Waals surface area contributed by atoms with Gasteiger partial charge in [0.2, 0.25) is 0 Å². The van der Waals surface area contributed by atoms with Gasteiger partial charge in [-0.15, -0.1) is 24.8 Å². The number of carbonyl (C=O) groups is 1. The Balaban J connectivity index is 0. The van der Waals surface area contributed by atoms with Gasteiger partial charge in [-0.2, -0.15) is 0 Å². The molecule has 1 rings (SSSR count). The fourth-order valence-electron chi connectivity index (χ4n) is 2.07. The lowest BCUT2D eigenvalue weighted by Crippen LogP contribution is -2.02. The van der Waals surface area contributed by atoms with Crippen LogP contribution in [0.1, 0.15) is 51.0 Å². The Kier molecular flexibility index (Phi) is 16.4. The number of ether oxygens (including phenoxy) is 2. The number of halogens is 2. The minimum absolute atomic E-state index is 0. The first-order valence-electron chi connectivity index (χ1n) is 7.75. The first-order valence-corrected chi connectivity index (χ1v) is 7.75. The van der Waals surface area contributed by atoms with E-state index in [2.05, 4.69) is 6.92 Å². The third kappa shape index (κ3) is 11.1. The van der Waals surface area contributed by atoms with Crippen molar-refractivity contribution in [2.75, 3.05) is 13.7 Å². The highest BCUT2D eigenvalue weighted by atomic mass is 35.5. The Bertz CT molecular complexity index is 448. The van der Waals surface area contributed by atoms with Gasteiger partial charge in [0.15, 0.2) is 0 Å². The van der Waals surface area contributed by atoms with Crippen LogP contribution >= 0.6 is 24.8 Å². The van der Waals surface area contributed by atoms with Crippen molar-refractivity contribution in [3.8, 4) is 5.75 Å². The smallest absolute Gasteiger partial charge is 0.330 e. The van der Waals surface area contributed by atoms with E-state index in [1.165, 1.54) is 31.8 Å². The summed E-state index contributed by atoms with van der Waals surface area (Å²) in [7, 11) is 1.61. The summed E-state index contributed by atoms with van der Waals surface area (Å²) in [6, 6.07) is 7.56. The molecule has 1 aromatic carbocycles. The van der Waals surface area contributed by atoms with E-state index in [0.717, 1.165) is 24.2 Å². The van der Waals surface area contributed by atoms with Gasteiger partial charge in [-0.3, -0.25) is 0 Å². The molecule has 0 heterocycles. The second-order valence-electron chi connectivity index (χ2n) is 5.01. The predicted molar refractivity (Wildman–Crippen MR) is 101 cm³/mol. The summed E-state index contributed by atoms with van der Waals surface area (Å²) in [6.45, 7) is 2.71. The van der Waals surface area contributed by atoms with Crippen molar-refractivity contribution in [2.45, 2.75) is 45.4 Å². The molecule has 0 saturated carbocycles. The highest BCUT2D eigenvalue weighted by Crippen LogP contribution is 2.18. The van der Waals surface area contributed by atoms with Gasteiger partial charge >= 0.3 is 5.97 Å². The predicted octanol–water partition coefficient (Wildman–Crippen LogP) is 5.46. The van der Waals surface area contributed by atoms with Crippen LogP contribution in [0, 0.1) is 0 Å². The number of para-hydroxylation sites is 1. The van der Waals surface area contributed by atoms with E-state index in [1.54, 1.807) is 13.2 Å². The van der Waals surface area contributed by atoms with Gasteiger partial charge in [-0.25, -0.2) is 4.79 Å². The van der Waals surface area contributed by atoms with Crippen molar-refractivity contribution < 1.29 is 14.3 Å². The summed E-state index contributed by atoms with van der Waals surface area (Å²) >= 11 is 0. The molecule has 0 unspecified atom stereocenters. The number of unbranched alkanes of at least 4 members (excludes halogenated alkanes) is 5. The van der Waals surface area contributed by atoms with Gasteiger partial charge < -0.3 is 9.47 Å². The van der Waals surface area contributed by atoms with Crippen molar-refractivity contribution in [1.29, 1.82) is 0 Å². The minimum atomic E-state index is -0.297. The maximum absolute atomic E-state index is 11.6. The SMILES string of the molecule is CCCCCCCCOC(=O)/C=C/c1ccccc1OC.Cl.Cl. The molecule has 132 valence electrons. The van der Waals surface area contributed by atoms with Crippen LogP contribution in [-0.2, 0) is 9.53 Å². The van der Waals surface area contributed by atoms with E-state index < -0.39 is 0 Å². The average molecular weight is 363 g/mol. The summed E-state index contributed by atoms with van der Waals surface area (Å²) in [4.78, 5) is 11.6. The zero-order valence-electron chi connectivity index (χ0n) is 14.0. The van der Waals surface area contributed by atoms with Crippen LogP contribution in [0.4, 0.5) is 0 Å². The van der Waals surface area contributed by atoms with E-state index in [4.69, 9.17) is 9.47 Å². The van der Waals surface area contributed by atoms with E-state index >= 15 is 0 Å².